The quantitative estimate of drug-likeness (QED) is 0.199. The minimum Gasteiger partial charge on any atom is -0.467 e. The third kappa shape index (κ3) is 5.12. The fraction of sp³-hybridized carbons (Fsp3) is 0.167. The van der Waals surface area contributed by atoms with E-state index in [9.17, 15) is 4.79 Å². The van der Waals surface area contributed by atoms with E-state index in [1.54, 1.807) is 11.3 Å². The van der Waals surface area contributed by atoms with Crippen molar-refractivity contribution in [3.05, 3.63) is 119 Å². The molecule has 1 aliphatic heterocycles. The predicted octanol–water partition coefficient (Wildman–Crippen LogP) is 7.00. The molecule has 1 unspecified atom stereocenters. The van der Waals surface area contributed by atoms with Crippen LogP contribution < -0.4 is 0 Å². The summed E-state index contributed by atoms with van der Waals surface area (Å²) in [6.45, 7) is 0.776. The van der Waals surface area contributed by atoms with Crippen LogP contribution in [0, 0.1) is 0 Å². The number of imidazole rings is 1. The first kappa shape index (κ1) is 24.5. The fourth-order valence-electron chi connectivity index (χ4n) is 4.72. The van der Waals surface area contributed by atoms with Gasteiger partial charge in [-0.2, -0.15) is 5.10 Å². The summed E-state index contributed by atoms with van der Waals surface area (Å²) < 4.78 is 7.89. The molecule has 3 aromatic carbocycles. The second-order valence-electron chi connectivity index (χ2n) is 9.09. The van der Waals surface area contributed by atoms with Crippen molar-refractivity contribution in [3.63, 3.8) is 0 Å². The summed E-state index contributed by atoms with van der Waals surface area (Å²) in [7, 11) is 0. The lowest BCUT2D eigenvalue weighted by Gasteiger charge is -2.19. The highest BCUT2D eigenvalue weighted by atomic mass is 35.5. The number of hydrazone groups is 1. The van der Waals surface area contributed by atoms with Crippen molar-refractivity contribution in [2.24, 2.45) is 5.10 Å². The molecule has 0 spiro atoms. The van der Waals surface area contributed by atoms with Crippen molar-refractivity contribution in [3.8, 4) is 0 Å². The number of halogens is 1. The van der Waals surface area contributed by atoms with Gasteiger partial charge < -0.3 is 8.98 Å². The molecule has 38 heavy (non-hydrogen) atoms. The van der Waals surface area contributed by atoms with Gasteiger partial charge in [-0.1, -0.05) is 78.0 Å². The van der Waals surface area contributed by atoms with E-state index in [1.807, 2.05) is 60.7 Å². The number of hydrogen-bond donors (Lipinski definition) is 0. The Balaban J connectivity index is 1.23. The van der Waals surface area contributed by atoms with Crippen LogP contribution in [0.25, 0.3) is 11.0 Å². The predicted molar refractivity (Wildman–Crippen MR) is 152 cm³/mol. The van der Waals surface area contributed by atoms with E-state index in [-0.39, 0.29) is 17.7 Å². The number of aryl methyl sites for hydroxylation is 2. The Morgan fingerprint density at radius 2 is 1.76 bits per heavy atom. The first-order valence-electron chi connectivity index (χ1n) is 12.5. The topological polar surface area (TPSA) is 63.6 Å². The number of amides is 1. The molecule has 2 aromatic heterocycles. The average Bonchev–Trinajstić information content (AvgIpc) is 3.70. The van der Waals surface area contributed by atoms with E-state index in [2.05, 4.69) is 34.9 Å². The smallest absolute Gasteiger partial charge is 0.253 e. The average molecular weight is 541 g/mol. The van der Waals surface area contributed by atoms with Crippen LogP contribution in [0.1, 0.15) is 29.3 Å². The molecule has 190 valence electrons. The highest BCUT2D eigenvalue weighted by Gasteiger charge is 2.35. The Bertz CT molecular complexity index is 1580. The normalized spacial score (nSPS) is 15.2. The van der Waals surface area contributed by atoms with Gasteiger partial charge in [-0.25, -0.2) is 9.99 Å². The van der Waals surface area contributed by atoms with E-state index in [0.717, 1.165) is 40.4 Å². The summed E-state index contributed by atoms with van der Waals surface area (Å²) in [5.41, 5.74) is 5.03. The molecular weight excluding hydrogens is 516 g/mol. The summed E-state index contributed by atoms with van der Waals surface area (Å²) in [5, 5.41) is 7.78. The number of fused-ring (bicyclic) bond motifs is 1. The first-order chi connectivity index (χ1) is 18.7. The van der Waals surface area contributed by atoms with E-state index in [4.69, 9.17) is 26.1 Å². The molecule has 0 saturated carbocycles. The largest absolute Gasteiger partial charge is 0.467 e. The summed E-state index contributed by atoms with van der Waals surface area (Å²) in [6, 6.07) is 29.5. The standard InChI is InChI=1S/C30H25ClN4O2S/c31-23-14-12-22(13-15-23)25-19-27(28-11-6-18-37-28)35(33-25)29(36)20-38-30-32-24-9-4-5-10-26(24)34(30)17-16-21-7-2-1-3-8-21/h1-15,18,27H,16-17,19-20H2. The van der Waals surface area contributed by atoms with Gasteiger partial charge >= 0.3 is 0 Å². The van der Waals surface area contributed by atoms with Gasteiger partial charge in [-0.3, -0.25) is 4.79 Å². The van der Waals surface area contributed by atoms with Gasteiger partial charge in [0, 0.05) is 18.0 Å². The highest BCUT2D eigenvalue weighted by molar-refractivity contribution is 7.99. The van der Waals surface area contributed by atoms with Gasteiger partial charge in [0.05, 0.1) is 28.8 Å². The summed E-state index contributed by atoms with van der Waals surface area (Å²) in [6.07, 6.45) is 3.08. The third-order valence-electron chi connectivity index (χ3n) is 6.63. The molecule has 0 N–H and O–H groups in total. The number of aromatic nitrogens is 2. The zero-order valence-corrected chi connectivity index (χ0v) is 22.1. The Morgan fingerprint density at radius 3 is 2.55 bits per heavy atom. The van der Waals surface area contributed by atoms with Crippen molar-refractivity contribution in [2.45, 2.75) is 30.6 Å². The van der Waals surface area contributed by atoms with E-state index < -0.39 is 0 Å². The number of hydrogen-bond acceptors (Lipinski definition) is 5. The molecule has 0 fully saturated rings. The van der Waals surface area contributed by atoms with Crippen molar-refractivity contribution in [1.29, 1.82) is 0 Å². The van der Waals surface area contributed by atoms with Gasteiger partial charge in [0.2, 0.25) is 0 Å². The maximum Gasteiger partial charge on any atom is 0.253 e. The zero-order valence-electron chi connectivity index (χ0n) is 20.5. The Kier molecular flexibility index (Phi) is 7.03. The molecule has 1 atom stereocenters. The second kappa shape index (κ2) is 10.9. The third-order valence-corrected chi connectivity index (χ3v) is 7.84. The van der Waals surface area contributed by atoms with Crippen molar-refractivity contribution in [1.82, 2.24) is 14.6 Å². The van der Waals surface area contributed by atoms with Crippen molar-refractivity contribution >= 4 is 46.0 Å². The SMILES string of the molecule is O=C(CSc1nc2ccccc2n1CCc1ccccc1)N1N=C(c2ccc(Cl)cc2)CC1c1ccco1. The van der Waals surface area contributed by atoms with Gasteiger partial charge in [0.1, 0.15) is 11.8 Å². The molecule has 1 amide bonds. The minimum atomic E-state index is -0.291. The Morgan fingerprint density at radius 1 is 0.974 bits per heavy atom. The number of carbonyl (C=O) groups excluding carboxylic acids is 1. The van der Waals surface area contributed by atoms with Crippen molar-refractivity contribution in [2.75, 3.05) is 5.75 Å². The molecule has 6 rings (SSSR count). The van der Waals surface area contributed by atoms with E-state index in [1.165, 1.54) is 17.3 Å². The molecule has 0 bridgehead atoms. The molecule has 0 saturated heterocycles. The monoisotopic (exact) mass is 540 g/mol. The number of nitrogens with zero attached hydrogens (tertiary/aromatic N) is 4. The number of furan rings is 1. The van der Waals surface area contributed by atoms with Gasteiger partial charge in [-0.15, -0.1) is 0 Å². The first-order valence-corrected chi connectivity index (χ1v) is 13.8. The van der Waals surface area contributed by atoms with Crippen LogP contribution in [0.4, 0.5) is 0 Å². The maximum absolute atomic E-state index is 13.6. The molecule has 8 heteroatoms. The number of carbonyl (C=O) groups is 1. The van der Waals surface area contributed by atoms with Crippen molar-refractivity contribution < 1.29 is 9.21 Å². The molecule has 0 aliphatic carbocycles. The van der Waals surface area contributed by atoms with Gasteiger partial charge in [0.15, 0.2) is 5.16 Å². The summed E-state index contributed by atoms with van der Waals surface area (Å²) in [4.78, 5) is 18.4. The van der Waals surface area contributed by atoms with E-state index >= 15 is 0 Å². The molecule has 6 nitrogen and oxygen atoms in total. The number of benzene rings is 3. The maximum atomic E-state index is 13.6. The lowest BCUT2D eigenvalue weighted by atomic mass is 10.0. The second-order valence-corrected chi connectivity index (χ2v) is 10.5. The van der Waals surface area contributed by atoms with Gasteiger partial charge in [-0.05, 0) is 53.9 Å². The fourth-order valence-corrected chi connectivity index (χ4v) is 5.74. The van der Waals surface area contributed by atoms with E-state index in [0.29, 0.717) is 17.2 Å². The van der Waals surface area contributed by atoms with Crippen LogP contribution in [0.3, 0.4) is 0 Å². The minimum absolute atomic E-state index is 0.0953. The van der Waals surface area contributed by atoms with Crippen LogP contribution in [-0.2, 0) is 17.8 Å². The Hall–Kier alpha value is -3.81. The Labute approximate surface area is 229 Å². The lowest BCUT2D eigenvalue weighted by Crippen LogP contribution is -2.28. The van der Waals surface area contributed by atoms with Crippen LogP contribution in [0.15, 0.2) is 112 Å². The van der Waals surface area contributed by atoms with Crippen LogP contribution >= 0.6 is 23.4 Å². The molecular formula is C30H25ClN4O2S. The van der Waals surface area contributed by atoms with Gasteiger partial charge in [0.25, 0.3) is 5.91 Å². The van der Waals surface area contributed by atoms with Crippen LogP contribution in [0.5, 0.6) is 0 Å². The molecule has 5 aromatic rings. The number of rotatable bonds is 8. The number of thioether (sulfide) groups is 1. The zero-order chi connectivity index (χ0) is 25.9. The van der Waals surface area contributed by atoms with Crippen LogP contribution in [-0.4, -0.2) is 31.9 Å². The molecule has 1 aliphatic rings. The van der Waals surface area contributed by atoms with Crippen LogP contribution in [0.2, 0.25) is 5.02 Å². The lowest BCUT2D eigenvalue weighted by molar-refractivity contribution is -0.130. The highest BCUT2D eigenvalue weighted by Crippen LogP contribution is 2.34. The molecule has 3 heterocycles. The molecule has 0 radical (unpaired) electrons. The summed E-state index contributed by atoms with van der Waals surface area (Å²) >= 11 is 7.52. The summed E-state index contributed by atoms with van der Waals surface area (Å²) in [5.74, 6) is 0.830. The number of para-hydroxylation sites is 2.